The average molecular weight is 200 g/mol. The van der Waals surface area contributed by atoms with Gasteiger partial charge < -0.3 is 9.84 Å². The van der Waals surface area contributed by atoms with Crippen molar-refractivity contribution < 1.29 is 27.8 Å². The maximum Gasteiger partial charge on any atom is 0.428 e. The molecule has 3 nitrogen and oxygen atoms in total. The summed E-state index contributed by atoms with van der Waals surface area (Å²) in [5.74, 6) is -1.65. The minimum absolute atomic E-state index is 0.197. The van der Waals surface area contributed by atoms with Crippen molar-refractivity contribution in [3.05, 3.63) is 0 Å². The van der Waals surface area contributed by atoms with Crippen LogP contribution in [0.1, 0.15) is 20.3 Å². The third-order valence-electron chi connectivity index (χ3n) is 1.59. The fourth-order valence-corrected chi connectivity index (χ4v) is 0.711. The van der Waals surface area contributed by atoms with Gasteiger partial charge in [-0.2, -0.15) is 13.2 Å². The maximum atomic E-state index is 12.1. The number of carbonyl (C=O) groups is 1. The van der Waals surface area contributed by atoms with Crippen LogP contribution in [0.4, 0.5) is 13.2 Å². The molecule has 0 saturated carbocycles. The van der Waals surface area contributed by atoms with E-state index in [0.717, 1.165) is 6.92 Å². The Morgan fingerprint density at radius 1 is 1.38 bits per heavy atom. The minimum atomic E-state index is -4.99. The largest absolute Gasteiger partial charge is 0.464 e. The number of ether oxygens (including phenoxy) is 1. The molecular formula is C7H11F3O3. The Kier molecular flexibility index (Phi) is 3.71. The zero-order chi connectivity index (χ0) is 10.7. The summed E-state index contributed by atoms with van der Waals surface area (Å²) in [6.45, 7) is 2.23. The zero-order valence-corrected chi connectivity index (χ0v) is 7.31. The first-order valence-electron chi connectivity index (χ1n) is 3.76. The highest BCUT2D eigenvalue weighted by Crippen LogP contribution is 2.33. The molecule has 0 radical (unpaired) electrons. The highest BCUT2D eigenvalue weighted by molar-refractivity contribution is 5.80. The number of hydrogen-bond donors (Lipinski definition) is 1. The van der Waals surface area contributed by atoms with Crippen LogP contribution in [-0.2, 0) is 9.53 Å². The summed E-state index contributed by atoms with van der Waals surface area (Å²) in [6.07, 6.45) is -5.75. The summed E-state index contributed by atoms with van der Waals surface area (Å²) in [4.78, 5) is 10.8. The van der Waals surface area contributed by atoms with E-state index < -0.39 is 24.2 Å². The van der Waals surface area contributed by atoms with E-state index in [0.29, 0.717) is 0 Å². The summed E-state index contributed by atoms with van der Waals surface area (Å²) >= 11 is 0. The number of carbonyl (C=O) groups excluding carboxylic acids is 1. The lowest BCUT2D eigenvalue weighted by Crippen LogP contribution is -2.52. The molecule has 0 aromatic heterocycles. The van der Waals surface area contributed by atoms with E-state index in [4.69, 9.17) is 5.11 Å². The molecule has 0 rings (SSSR count). The first kappa shape index (κ1) is 12.2. The molecule has 1 unspecified atom stereocenters. The Labute approximate surface area is 73.5 Å². The van der Waals surface area contributed by atoms with Gasteiger partial charge in [0.25, 0.3) is 5.60 Å². The second-order valence-corrected chi connectivity index (χ2v) is 2.43. The van der Waals surface area contributed by atoms with Crippen molar-refractivity contribution in [1.29, 1.82) is 0 Å². The van der Waals surface area contributed by atoms with Crippen LogP contribution in [0.2, 0.25) is 0 Å². The SMILES string of the molecule is CCOC(=O)C(O)(CC)C(F)(F)F. The molecule has 13 heavy (non-hydrogen) atoms. The van der Waals surface area contributed by atoms with Crippen LogP contribution < -0.4 is 0 Å². The summed E-state index contributed by atoms with van der Waals surface area (Å²) in [7, 11) is 0. The minimum Gasteiger partial charge on any atom is -0.464 e. The number of aliphatic hydroxyl groups is 1. The first-order valence-corrected chi connectivity index (χ1v) is 3.76. The number of alkyl halides is 3. The van der Waals surface area contributed by atoms with Gasteiger partial charge >= 0.3 is 12.1 Å². The van der Waals surface area contributed by atoms with Gasteiger partial charge in [-0.3, -0.25) is 0 Å². The van der Waals surface area contributed by atoms with E-state index in [9.17, 15) is 18.0 Å². The van der Waals surface area contributed by atoms with E-state index in [1.165, 1.54) is 6.92 Å². The standard InChI is InChI=1S/C7H11F3O3/c1-3-6(12,7(8,9)10)5(11)13-4-2/h12H,3-4H2,1-2H3. The molecular weight excluding hydrogens is 189 g/mol. The van der Waals surface area contributed by atoms with E-state index in [1.807, 2.05) is 0 Å². The average Bonchev–Trinajstić information content (AvgIpc) is 2.01. The van der Waals surface area contributed by atoms with Gasteiger partial charge in [-0.05, 0) is 13.3 Å². The van der Waals surface area contributed by atoms with Gasteiger partial charge in [0, 0.05) is 0 Å². The quantitative estimate of drug-likeness (QED) is 0.697. The number of hydrogen-bond acceptors (Lipinski definition) is 3. The van der Waals surface area contributed by atoms with Gasteiger partial charge in [-0.15, -0.1) is 0 Å². The molecule has 0 aromatic rings. The van der Waals surface area contributed by atoms with Crippen LogP contribution in [0.15, 0.2) is 0 Å². The normalized spacial score (nSPS) is 16.5. The molecule has 0 bridgehead atoms. The van der Waals surface area contributed by atoms with Gasteiger partial charge in [0.05, 0.1) is 6.61 Å². The molecule has 0 amide bonds. The van der Waals surface area contributed by atoms with Gasteiger partial charge in [-0.25, -0.2) is 4.79 Å². The van der Waals surface area contributed by atoms with Crippen molar-refractivity contribution >= 4 is 5.97 Å². The smallest absolute Gasteiger partial charge is 0.428 e. The molecule has 0 fully saturated rings. The molecule has 0 aliphatic heterocycles. The summed E-state index contributed by atoms with van der Waals surface area (Å²) < 4.78 is 40.5. The van der Waals surface area contributed by atoms with Crippen molar-refractivity contribution in [2.24, 2.45) is 0 Å². The lowest BCUT2D eigenvalue weighted by atomic mass is 10.0. The van der Waals surface area contributed by atoms with Crippen LogP contribution in [0.5, 0.6) is 0 Å². The molecule has 0 aliphatic carbocycles. The predicted octanol–water partition coefficient (Wildman–Crippen LogP) is 1.25. The zero-order valence-electron chi connectivity index (χ0n) is 7.31. The molecule has 1 atom stereocenters. The third kappa shape index (κ3) is 2.33. The van der Waals surface area contributed by atoms with E-state index >= 15 is 0 Å². The molecule has 0 heterocycles. The maximum absolute atomic E-state index is 12.1. The highest BCUT2D eigenvalue weighted by atomic mass is 19.4. The summed E-state index contributed by atoms with van der Waals surface area (Å²) in [5, 5.41) is 8.96. The molecule has 0 spiro atoms. The van der Waals surface area contributed by atoms with Crippen molar-refractivity contribution in [3.63, 3.8) is 0 Å². The van der Waals surface area contributed by atoms with Crippen molar-refractivity contribution in [2.75, 3.05) is 6.61 Å². The van der Waals surface area contributed by atoms with Gasteiger partial charge in [0.1, 0.15) is 0 Å². The Balaban J connectivity index is 4.73. The summed E-state index contributed by atoms with van der Waals surface area (Å²) in [6, 6.07) is 0. The molecule has 0 aromatic carbocycles. The van der Waals surface area contributed by atoms with Gasteiger partial charge in [-0.1, -0.05) is 6.92 Å². The Morgan fingerprint density at radius 3 is 2.08 bits per heavy atom. The number of halogens is 3. The fraction of sp³-hybridized carbons (Fsp3) is 0.857. The van der Waals surface area contributed by atoms with Crippen LogP contribution in [-0.4, -0.2) is 29.5 Å². The second-order valence-electron chi connectivity index (χ2n) is 2.43. The fourth-order valence-electron chi connectivity index (χ4n) is 0.711. The molecule has 0 aliphatic rings. The third-order valence-corrected chi connectivity index (χ3v) is 1.59. The first-order chi connectivity index (χ1) is 5.79. The van der Waals surface area contributed by atoms with Crippen LogP contribution >= 0.6 is 0 Å². The van der Waals surface area contributed by atoms with Crippen molar-refractivity contribution in [2.45, 2.75) is 32.0 Å². The van der Waals surface area contributed by atoms with E-state index in [1.54, 1.807) is 0 Å². The molecule has 1 N–H and O–H groups in total. The van der Waals surface area contributed by atoms with Crippen LogP contribution in [0, 0.1) is 0 Å². The Morgan fingerprint density at radius 2 is 1.85 bits per heavy atom. The lowest BCUT2D eigenvalue weighted by molar-refractivity contribution is -0.263. The van der Waals surface area contributed by atoms with Crippen molar-refractivity contribution in [3.8, 4) is 0 Å². The van der Waals surface area contributed by atoms with Crippen LogP contribution in [0.25, 0.3) is 0 Å². The lowest BCUT2D eigenvalue weighted by Gasteiger charge is -2.26. The molecule has 78 valence electrons. The van der Waals surface area contributed by atoms with Crippen LogP contribution in [0.3, 0.4) is 0 Å². The second kappa shape index (κ2) is 3.95. The summed E-state index contributed by atoms with van der Waals surface area (Å²) in [5.41, 5.74) is -3.37. The Hall–Kier alpha value is -0.780. The Bertz CT molecular complexity index is 190. The molecule has 0 saturated heterocycles. The predicted molar refractivity (Wildman–Crippen MR) is 37.9 cm³/mol. The van der Waals surface area contributed by atoms with E-state index in [2.05, 4.69) is 4.74 Å². The monoisotopic (exact) mass is 200 g/mol. The highest BCUT2D eigenvalue weighted by Gasteiger charge is 2.59. The van der Waals surface area contributed by atoms with Gasteiger partial charge in [0.2, 0.25) is 0 Å². The number of rotatable bonds is 3. The van der Waals surface area contributed by atoms with E-state index in [-0.39, 0.29) is 6.61 Å². The van der Waals surface area contributed by atoms with Crippen molar-refractivity contribution in [1.82, 2.24) is 0 Å². The number of esters is 1. The molecule has 6 heteroatoms. The van der Waals surface area contributed by atoms with Gasteiger partial charge in [0.15, 0.2) is 0 Å². The topological polar surface area (TPSA) is 46.5 Å².